The number of benzene rings is 2. The molecule has 0 bridgehead atoms. The standard InChI is InChI=1S/C22H25N3O3S2/c1-16-4-6-17(7-5-16)20-21(29-3)24-22(23-20)12-14-25(15-13-22)30(26,27)19-10-8-18(28-2)9-11-19/h4-11H,12-15H2,1-3H3. The van der Waals surface area contributed by atoms with E-state index in [4.69, 9.17) is 14.7 Å². The van der Waals surface area contributed by atoms with Crippen molar-refractivity contribution in [2.24, 2.45) is 9.98 Å². The molecule has 0 saturated carbocycles. The second-order valence-electron chi connectivity index (χ2n) is 7.51. The van der Waals surface area contributed by atoms with E-state index >= 15 is 0 Å². The number of aryl methyl sites for hydroxylation is 1. The number of rotatable bonds is 4. The Labute approximate surface area is 182 Å². The predicted octanol–water partition coefficient (Wildman–Crippen LogP) is 3.75. The first-order valence-electron chi connectivity index (χ1n) is 9.82. The summed E-state index contributed by atoms with van der Waals surface area (Å²) in [5.74, 6) is 0.634. The molecule has 2 aliphatic heterocycles. The van der Waals surface area contributed by atoms with E-state index in [1.54, 1.807) is 43.1 Å². The average Bonchev–Trinajstić information content (AvgIpc) is 3.12. The molecule has 2 aromatic carbocycles. The van der Waals surface area contributed by atoms with Crippen LogP contribution in [0.15, 0.2) is 63.4 Å². The molecule has 1 spiro atoms. The molecule has 0 aliphatic carbocycles. The number of thioether (sulfide) groups is 1. The van der Waals surface area contributed by atoms with Crippen LogP contribution in [-0.4, -0.2) is 55.6 Å². The molecule has 0 unspecified atom stereocenters. The van der Waals surface area contributed by atoms with Crippen LogP contribution in [0, 0.1) is 6.92 Å². The van der Waals surface area contributed by atoms with Gasteiger partial charge in [-0.2, -0.15) is 4.31 Å². The Kier molecular flexibility index (Phi) is 5.74. The summed E-state index contributed by atoms with van der Waals surface area (Å²) >= 11 is 1.59. The summed E-state index contributed by atoms with van der Waals surface area (Å²) in [6, 6.07) is 14.8. The molecule has 158 valence electrons. The molecule has 6 nitrogen and oxygen atoms in total. The van der Waals surface area contributed by atoms with Crippen molar-refractivity contribution in [2.75, 3.05) is 26.5 Å². The van der Waals surface area contributed by atoms with E-state index < -0.39 is 15.7 Å². The third-order valence-electron chi connectivity index (χ3n) is 5.57. The lowest BCUT2D eigenvalue weighted by molar-refractivity contribution is 0.249. The Morgan fingerprint density at radius 3 is 2.20 bits per heavy atom. The minimum atomic E-state index is -3.55. The molecular formula is C22H25N3O3S2. The van der Waals surface area contributed by atoms with Gasteiger partial charge >= 0.3 is 0 Å². The van der Waals surface area contributed by atoms with Crippen molar-refractivity contribution in [3.8, 4) is 5.75 Å². The molecule has 0 aromatic heterocycles. The molecule has 0 amide bonds. The normalized spacial score (nSPS) is 18.9. The number of aliphatic imine (C=N–C) groups is 2. The zero-order valence-electron chi connectivity index (χ0n) is 17.3. The van der Waals surface area contributed by atoms with Crippen LogP contribution in [0.1, 0.15) is 24.0 Å². The summed E-state index contributed by atoms with van der Waals surface area (Å²) in [6.07, 6.45) is 3.15. The summed E-state index contributed by atoms with van der Waals surface area (Å²) in [5, 5.41) is 0.922. The fraction of sp³-hybridized carbons (Fsp3) is 0.364. The van der Waals surface area contributed by atoms with Crippen LogP contribution in [0.25, 0.3) is 0 Å². The first-order valence-corrected chi connectivity index (χ1v) is 12.5. The van der Waals surface area contributed by atoms with Gasteiger partial charge in [-0.1, -0.05) is 29.8 Å². The van der Waals surface area contributed by atoms with Crippen molar-refractivity contribution in [1.29, 1.82) is 0 Å². The lowest BCUT2D eigenvalue weighted by atomic mass is 10.00. The van der Waals surface area contributed by atoms with E-state index in [2.05, 4.69) is 31.2 Å². The van der Waals surface area contributed by atoms with Gasteiger partial charge in [0.05, 0.1) is 17.7 Å². The van der Waals surface area contributed by atoms with Crippen LogP contribution in [0.4, 0.5) is 0 Å². The van der Waals surface area contributed by atoms with Gasteiger partial charge in [-0.05, 0) is 37.4 Å². The fourth-order valence-electron chi connectivity index (χ4n) is 3.77. The number of hydrogen-bond acceptors (Lipinski definition) is 6. The monoisotopic (exact) mass is 443 g/mol. The van der Waals surface area contributed by atoms with Gasteiger partial charge in [-0.3, -0.25) is 4.99 Å². The average molecular weight is 444 g/mol. The Bertz CT molecular complexity index is 1080. The molecule has 2 heterocycles. The minimum absolute atomic E-state index is 0.280. The second-order valence-corrected chi connectivity index (χ2v) is 10.2. The third kappa shape index (κ3) is 3.91. The van der Waals surface area contributed by atoms with Gasteiger partial charge in [-0.25, -0.2) is 13.4 Å². The maximum Gasteiger partial charge on any atom is 0.243 e. The van der Waals surface area contributed by atoms with Gasteiger partial charge in [-0.15, -0.1) is 11.8 Å². The van der Waals surface area contributed by atoms with Crippen LogP contribution in [0.2, 0.25) is 0 Å². The molecule has 8 heteroatoms. The number of sulfonamides is 1. The predicted molar refractivity (Wildman–Crippen MR) is 122 cm³/mol. The summed E-state index contributed by atoms with van der Waals surface area (Å²) in [7, 11) is -1.99. The van der Waals surface area contributed by atoms with E-state index in [1.807, 2.05) is 6.26 Å². The van der Waals surface area contributed by atoms with E-state index in [-0.39, 0.29) is 4.90 Å². The molecule has 0 radical (unpaired) electrons. The molecule has 0 N–H and O–H groups in total. The quantitative estimate of drug-likeness (QED) is 0.722. The number of hydrogen-bond donors (Lipinski definition) is 0. The number of nitrogens with zero attached hydrogens (tertiary/aromatic N) is 3. The Balaban J connectivity index is 1.54. The van der Waals surface area contributed by atoms with Gasteiger partial charge in [0.2, 0.25) is 10.0 Å². The van der Waals surface area contributed by atoms with Crippen molar-refractivity contribution in [2.45, 2.75) is 30.3 Å². The lowest BCUT2D eigenvalue weighted by Gasteiger charge is -2.34. The Hall–Kier alpha value is -2.16. The minimum Gasteiger partial charge on any atom is -0.497 e. The largest absolute Gasteiger partial charge is 0.497 e. The van der Waals surface area contributed by atoms with Crippen molar-refractivity contribution < 1.29 is 13.2 Å². The SMILES string of the molecule is COc1ccc(S(=O)(=O)N2CCC3(CC2)N=C(SC)C(c2ccc(C)cc2)=N3)cc1. The van der Waals surface area contributed by atoms with Gasteiger partial charge in [0.15, 0.2) is 5.66 Å². The maximum atomic E-state index is 13.0. The first kappa shape index (κ1) is 21.1. The molecular weight excluding hydrogens is 418 g/mol. The van der Waals surface area contributed by atoms with Crippen LogP contribution in [-0.2, 0) is 10.0 Å². The molecule has 4 rings (SSSR count). The maximum absolute atomic E-state index is 13.0. The van der Waals surface area contributed by atoms with Gasteiger partial charge in [0.1, 0.15) is 10.8 Å². The molecule has 1 fully saturated rings. The molecule has 2 aliphatic rings. The third-order valence-corrected chi connectivity index (χ3v) is 8.16. The smallest absolute Gasteiger partial charge is 0.243 e. The van der Waals surface area contributed by atoms with Crippen molar-refractivity contribution in [1.82, 2.24) is 4.31 Å². The van der Waals surface area contributed by atoms with Gasteiger partial charge < -0.3 is 4.74 Å². The second kappa shape index (κ2) is 8.17. The summed E-state index contributed by atoms with van der Waals surface area (Å²) in [6.45, 7) is 2.85. The van der Waals surface area contributed by atoms with Crippen LogP contribution < -0.4 is 4.74 Å². The molecule has 1 saturated heterocycles. The van der Waals surface area contributed by atoms with Crippen molar-refractivity contribution in [3.05, 3.63) is 59.7 Å². The zero-order valence-corrected chi connectivity index (χ0v) is 19.0. The molecule has 0 atom stereocenters. The molecule has 2 aromatic rings. The highest BCUT2D eigenvalue weighted by atomic mass is 32.2. The highest BCUT2D eigenvalue weighted by Gasteiger charge is 2.42. The first-order chi connectivity index (χ1) is 14.4. The van der Waals surface area contributed by atoms with E-state index in [0.717, 1.165) is 16.3 Å². The van der Waals surface area contributed by atoms with Crippen molar-refractivity contribution >= 4 is 32.5 Å². The van der Waals surface area contributed by atoms with E-state index in [9.17, 15) is 8.42 Å². The van der Waals surface area contributed by atoms with Crippen LogP contribution in [0.3, 0.4) is 0 Å². The number of ether oxygens (including phenoxy) is 1. The topological polar surface area (TPSA) is 71.3 Å². The highest BCUT2D eigenvalue weighted by Crippen LogP contribution is 2.36. The van der Waals surface area contributed by atoms with Gasteiger partial charge in [0.25, 0.3) is 0 Å². The molecule has 30 heavy (non-hydrogen) atoms. The zero-order chi connectivity index (χ0) is 21.4. The van der Waals surface area contributed by atoms with Crippen LogP contribution >= 0.6 is 11.8 Å². The van der Waals surface area contributed by atoms with E-state index in [0.29, 0.717) is 31.7 Å². The van der Waals surface area contributed by atoms with Gasteiger partial charge in [0, 0.05) is 31.5 Å². The number of methoxy groups -OCH3 is 1. The van der Waals surface area contributed by atoms with E-state index in [1.165, 1.54) is 9.87 Å². The highest BCUT2D eigenvalue weighted by molar-refractivity contribution is 8.15. The Morgan fingerprint density at radius 1 is 1.00 bits per heavy atom. The summed E-state index contributed by atoms with van der Waals surface area (Å²) in [4.78, 5) is 10.2. The fourth-order valence-corrected chi connectivity index (χ4v) is 5.83. The lowest BCUT2D eigenvalue weighted by Crippen LogP contribution is -2.44. The summed E-state index contributed by atoms with van der Waals surface area (Å²) < 4.78 is 32.7. The summed E-state index contributed by atoms with van der Waals surface area (Å²) in [5.41, 5.74) is 2.60. The van der Waals surface area contributed by atoms with Crippen LogP contribution in [0.5, 0.6) is 5.75 Å². The number of piperidine rings is 1. The Morgan fingerprint density at radius 2 is 1.63 bits per heavy atom. The van der Waals surface area contributed by atoms with Crippen molar-refractivity contribution in [3.63, 3.8) is 0 Å².